The van der Waals surface area contributed by atoms with Crippen LogP contribution in [0.2, 0.25) is 0 Å². The molecule has 1 aliphatic heterocycles. The van der Waals surface area contributed by atoms with Crippen LogP contribution in [0, 0.1) is 0 Å². The molecule has 1 fully saturated rings. The fourth-order valence-electron chi connectivity index (χ4n) is 1.75. The Morgan fingerprint density at radius 2 is 1.71 bits per heavy atom. The quantitative estimate of drug-likeness (QED) is 0.760. The Morgan fingerprint density at radius 1 is 1.24 bits per heavy atom. The number of nitrogens with zero attached hydrogens (tertiary/aromatic N) is 1. The van der Waals surface area contributed by atoms with Crippen molar-refractivity contribution in [3.05, 3.63) is 0 Å². The van der Waals surface area contributed by atoms with E-state index >= 15 is 0 Å². The van der Waals surface area contributed by atoms with Crippen LogP contribution >= 0.6 is 12.4 Å². The molecule has 0 aliphatic carbocycles. The van der Waals surface area contributed by atoms with Gasteiger partial charge in [-0.25, -0.2) is 4.72 Å². The molecule has 1 heterocycles. The van der Waals surface area contributed by atoms with E-state index in [1.54, 1.807) is 0 Å². The predicted octanol–water partition coefficient (Wildman–Crippen LogP) is 0.856. The third-order valence-corrected chi connectivity index (χ3v) is 4.97. The zero-order valence-electron chi connectivity index (χ0n) is 10.6. The van der Waals surface area contributed by atoms with Crippen LogP contribution in [0.25, 0.3) is 0 Å². The summed E-state index contributed by atoms with van der Waals surface area (Å²) in [5.41, 5.74) is 5.63. The standard InChI is InChI=1S/C10H23N3O2S.ClH/c1-3-10(11,4-2)9-12-16(14,15)13-7-5-6-8-13;/h12H,3-9,11H2,1-2H3;1H. The van der Waals surface area contributed by atoms with E-state index in [4.69, 9.17) is 5.73 Å². The number of nitrogens with one attached hydrogen (secondary N) is 1. The van der Waals surface area contributed by atoms with Crippen LogP contribution in [0.4, 0.5) is 0 Å². The average molecular weight is 286 g/mol. The molecular formula is C10H24ClN3O2S. The summed E-state index contributed by atoms with van der Waals surface area (Å²) >= 11 is 0. The fourth-order valence-corrected chi connectivity index (χ4v) is 3.15. The van der Waals surface area contributed by atoms with Crippen LogP contribution in [0.15, 0.2) is 0 Å². The predicted molar refractivity (Wildman–Crippen MR) is 72.5 cm³/mol. The van der Waals surface area contributed by atoms with Crippen LogP contribution in [0.1, 0.15) is 39.5 Å². The summed E-state index contributed by atoms with van der Waals surface area (Å²) in [6.07, 6.45) is 3.45. The molecule has 0 spiro atoms. The first-order valence-electron chi connectivity index (χ1n) is 5.97. The summed E-state index contributed by atoms with van der Waals surface area (Å²) in [6.45, 7) is 5.54. The van der Waals surface area contributed by atoms with E-state index < -0.39 is 15.7 Å². The van der Waals surface area contributed by atoms with Crippen molar-refractivity contribution in [2.45, 2.75) is 45.1 Å². The Balaban J connectivity index is 0.00000256. The molecule has 0 aromatic rings. The molecular weight excluding hydrogens is 262 g/mol. The summed E-state index contributed by atoms with van der Waals surface area (Å²) in [7, 11) is -3.31. The molecule has 0 aromatic heterocycles. The molecule has 104 valence electrons. The molecule has 0 unspecified atom stereocenters. The van der Waals surface area contributed by atoms with Gasteiger partial charge >= 0.3 is 0 Å². The Bertz CT molecular complexity index is 312. The highest BCUT2D eigenvalue weighted by Gasteiger charge is 2.28. The van der Waals surface area contributed by atoms with E-state index in [0.717, 1.165) is 25.7 Å². The molecule has 0 radical (unpaired) electrons. The molecule has 17 heavy (non-hydrogen) atoms. The Kier molecular flexibility index (Phi) is 6.94. The maximum absolute atomic E-state index is 11.9. The van der Waals surface area contributed by atoms with Gasteiger partial charge in [0, 0.05) is 25.2 Å². The molecule has 0 amide bonds. The molecule has 3 N–H and O–H groups in total. The van der Waals surface area contributed by atoms with Crippen LogP contribution in [-0.4, -0.2) is 37.9 Å². The molecule has 5 nitrogen and oxygen atoms in total. The monoisotopic (exact) mass is 285 g/mol. The second-order valence-corrected chi connectivity index (χ2v) is 6.26. The third kappa shape index (κ3) is 4.71. The van der Waals surface area contributed by atoms with Crippen molar-refractivity contribution in [3.63, 3.8) is 0 Å². The summed E-state index contributed by atoms with van der Waals surface area (Å²) in [4.78, 5) is 0. The molecule has 1 aliphatic rings. The van der Waals surface area contributed by atoms with Crippen molar-refractivity contribution < 1.29 is 8.42 Å². The minimum absolute atomic E-state index is 0. The lowest BCUT2D eigenvalue weighted by Crippen LogP contribution is -2.51. The summed E-state index contributed by atoms with van der Waals surface area (Å²) < 4.78 is 27.9. The van der Waals surface area contributed by atoms with E-state index in [0.29, 0.717) is 19.6 Å². The summed E-state index contributed by atoms with van der Waals surface area (Å²) in [6, 6.07) is 0. The molecule has 0 aromatic carbocycles. The summed E-state index contributed by atoms with van der Waals surface area (Å²) in [5.74, 6) is 0. The second-order valence-electron chi connectivity index (χ2n) is 4.50. The van der Waals surface area contributed by atoms with E-state index in [1.165, 1.54) is 4.31 Å². The maximum Gasteiger partial charge on any atom is 0.279 e. The molecule has 1 saturated heterocycles. The number of hydrogen-bond donors (Lipinski definition) is 2. The highest BCUT2D eigenvalue weighted by molar-refractivity contribution is 7.87. The van der Waals surface area contributed by atoms with Crippen molar-refractivity contribution in [2.75, 3.05) is 19.6 Å². The molecule has 0 bridgehead atoms. The van der Waals surface area contributed by atoms with E-state index in [9.17, 15) is 8.42 Å². The topological polar surface area (TPSA) is 75.4 Å². The van der Waals surface area contributed by atoms with Gasteiger partial charge < -0.3 is 5.73 Å². The Hall–Kier alpha value is 0.120. The van der Waals surface area contributed by atoms with Gasteiger partial charge in [0.15, 0.2) is 0 Å². The van der Waals surface area contributed by atoms with Crippen molar-refractivity contribution in [3.8, 4) is 0 Å². The van der Waals surface area contributed by atoms with E-state index in [-0.39, 0.29) is 12.4 Å². The highest BCUT2D eigenvalue weighted by atomic mass is 35.5. The molecule has 7 heteroatoms. The van der Waals surface area contributed by atoms with Gasteiger partial charge in [-0.3, -0.25) is 0 Å². The first kappa shape index (κ1) is 17.1. The molecule has 0 saturated carbocycles. The van der Waals surface area contributed by atoms with Gasteiger partial charge in [0.05, 0.1) is 0 Å². The Morgan fingerprint density at radius 3 is 2.12 bits per heavy atom. The molecule has 1 rings (SSSR count). The lowest BCUT2D eigenvalue weighted by atomic mass is 9.95. The smallest absolute Gasteiger partial charge is 0.279 e. The average Bonchev–Trinajstić information content (AvgIpc) is 2.80. The number of hydrogen-bond acceptors (Lipinski definition) is 3. The fraction of sp³-hybridized carbons (Fsp3) is 1.00. The van der Waals surface area contributed by atoms with Crippen molar-refractivity contribution in [1.82, 2.24) is 9.03 Å². The SMILES string of the molecule is CCC(N)(CC)CNS(=O)(=O)N1CCCC1.Cl. The van der Waals surface area contributed by atoms with Crippen molar-refractivity contribution in [2.24, 2.45) is 5.73 Å². The van der Waals surface area contributed by atoms with Crippen molar-refractivity contribution in [1.29, 1.82) is 0 Å². The van der Waals surface area contributed by atoms with Gasteiger partial charge in [-0.2, -0.15) is 12.7 Å². The first-order chi connectivity index (χ1) is 7.43. The number of rotatable bonds is 6. The Labute approximate surface area is 111 Å². The number of halogens is 1. The lowest BCUT2D eigenvalue weighted by Gasteiger charge is -2.28. The second kappa shape index (κ2) is 6.89. The highest BCUT2D eigenvalue weighted by Crippen LogP contribution is 2.14. The van der Waals surface area contributed by atoms with Gasteiger partial charge in [-0.15, -0.1) is 12.4 Å². The maximum atomic E-state index is 11.9. The molecule has 0 atom stereocenters. The third-order valence-electron chi connectivity index (χ3n) is 3.42. The van der Waals surface area contributed by atoms with Gasteiger partial charge in [0.2, 0.25) is 0 Å². The van der Waals surface area contributed by atoms with Gasteiger partial charge in [0.25, 0.3) is 10.2 Å². The largest absolute Gasteiger partial charge is 0.324 e. The zero-order valence-corrected chi connectivity index (χ0v) is 12.2. The zero-order chi connectivity index (χ0) is 12.2. The van der Waals surface area contributed by atoms with Crippen molar-refractivity contribution >= 4 is 22.6 Å². The lowest BCUT2D eigenvalue weighted by molar-refractivity contribution is 0.382. The van der Waals surface area contributed by atoms with E-state index in [1.807, 2.05) is 13.8 Å². The minimum Gasteiger partial charge on any atom is -0.324 e. The minimum atomic E-state index is -3.31. The van der Waals surface area contributed by atoms with E-state index in [2.05, 4.69) is 4.72 Å². The first-order valence-corrected chi connectivity index (χ1v) is 7.41. The van der Waals surface area contributed by atoms with Gasteiger partial charge in [0.1, 0.15) is 0 Å². The normalized spacial score (nSPS) is 18.1. The number of nitrogens with two attached hydrogens (primary N) is 1. The van der Waals surface area contributed by atoms with Gasteiger partial charge in [-0.1, -0.05) is 13.8 Å². The van der Waals surface area contributed by atoms with Crippen LogP contribution < -0.4 is 10.5 Å². The summed E-state index contributed by atoms with van der Waals surface area (Å²) in [5, 5.41) is 0. The van der Waals surface area contributed by atoms with Crippen LogP contribution in [-0.2, 0) is 10.2 Å². The van der Waals surface area contributed by atoms with Crippen LogP contribution in [0.5, 0.6) is 0 Å². The van der Waals surface area contributed by atoms with Gasteiger partial charge in [-0.05, 0) is 25.7 Å². The van der Waals surface area contributed by atoms with Crippen LogP contribution in [0.3, 0.4) is 0 Å².